The van der Waals surface area contributed by atoms with Gasteiger partial charge < -0.3 is 4.90 Å². The zero-order chi connectivity index (χ0) is 23.7. The molecule has 0 amide bonds. The smallest absolute Gasteiger partial charge is 0.241 e. The number of rotatable bonds is 11. The summed E-state index contributed by atoms with van der Waals surface area (Å²) >= 11 is 1.46. The van der Waals surface area contributed by atoms with E-state index in [1.54, 1.807) is 0 Å². The summed E-state index contributed by atoms with van der Waals surface area (Å²) in [6.07, 6.45) is 3.43. The zero-order valence-electron chi connectivity index (χ0n) is 19.7. The lowest BCUT2D eigenvalue weighted by Gasteiger charge is -2.31. The Morgan fingerprint density at radius 3 is 2.67 bits per heavy atom. The maximum atomic E-state index is 10.1. The largest absolute Gasteiger partial charge is 0.302 e. The monoisotopic (exact) mass is 459 g/mol. The second-order valence-corrected chi connectivity index (χ2v) is 10.3. The van der Waals surface area contributed by atoms with Crippen LogP contribution in [0.3, 0.4) is 0 Å². The predicted molar refractivity (Wildman–Crippen MR) is 134 cm³/mol. The van der Waals surface area contributed by atoms with Gasteiger partial charge in [-0.2, -0.15) is 21.9 Å². The Morgan fingerprint density at radius 2 is 2.03 bits per heavy atom. The minimum Gasteiger partial charge on any atom is -0.302 e. The average molecular weight is 460 g/mol. The second kappa shape index (κ2) is 12.0. The van der Waals surface area contributed by atoms with Crippen LogP contribution in [0.1, 0.15) is 50.0 Å². The highest BCUT2D eigenvalue weighted by Gasteiger charge is 2.37. The van der Waals surface area contributed by atoms with E-state index in [0.29, 0.717) is 17.5 Å². The third-order valence-corrected chi connectivity index (χ3v) is 8.03. The standard InChI is InChI=1S/C27H33N5S/c1-22(2)27(21-29,25-11-12-26(30-3)33-25)14-7-16-31-18-13-24(20-31)32(17-8-15-28)19-23-9-5-4-6-10-23/h4-6,9-12,22,24H,7-8,13-14,16-20H2,1-2H3/t24-,27?/m0/s1. The van der Waals surface area contributed by atoms with Crippen molar-refractivity contribution in [3.05, 3.63) is 64.3 Å². The molecule has 0 aliphatic carbocycles. The Hall–Kier alpha value is -2.69. The Balaban J connectivity index is 1.59. The number of hydrogen-bond donors (Lipinski definition) is 0. The fourth-order valence-corrected chi connectivity index (χ4v) is 5.97. The summed E-state index contributed by atoms with van der Waals surface area (Å²) in [7, 11) is 0. The highest BCUT2D eigenvalue weighted by molar-refractivity contribution is 7.16. The maximum absolute atomic E-state index is 10.1. The second-order valence-electron chi connectivity index (χ2n) is 9.20. The molecule has 0 saturated carbocycles. The molecule has 0 spiro atoms. The molecule has 1 fully saturated rings. The molecule has 0 radical (unpaired) electrons. The van der Waals surface area contributed by atoms with Crippen LogP contribution in [0.2, 0.25) is 0 Å². The van der Waals surface area contributed by atoms with E-state index in [9.17, 15) is 5.26 Å². The third-order valence-electron chi connectivity index (χ3n) is 6.88. The molecule has 1 saturated heterocycles. The predicted octanol–water partition coefficient (Wildman–Crippen LogP) is 5.99. The first-order chi connectivity index (χ1) is 16.0. The summed E-state index contributed by atoms with van der Waals surface area (Å²) in [5.74, 6) is 0.193. The minimum absolute atomic E-state index is 0.193. The highest BCUT2D eigenvalue weighted by atomic mass is 32.1. The van der Waals surface area contributed by atoms with Gasteiger partial charge in [-0.3, -0.25) is 4.90 Å². The van der Waals surface area contributed by atoms with Gasteiger partial charge in [0.2, 0.25) is 5.00 Å². The minimum atomic E-state index is -0.529. The summed E-state index contributed by atoms with van der Waals surface area (Å²) in [4.78, 5) is 9.54. The van der Waals surface area contributed by atoms with Crippen molar-refractivity contribution < 1.29 is 0 Å². The average Bonchev–Trinajstić information content (AvgIpc) is 3.50. The van der Waals surface area contributed by atoms with Crippen LogP contribution in [-0.2, 0) is 12.0 Å². The number of hydrogen-bond acceptors (Lipinski definition) is 5. The lowest BCUT2D eigenvalue weighted by atomic mass is 9.73. The molecule has 0 N–H and O–H groups in total. The first-order valence-corrected chi connectivity index (χ1v) is 12.6. The number of thiophene rings is 1. The van der Waals surface area contributed by atoms with Crippen molar-refractivity contribution in [2.75, 3.05) is 26.2 Å². The molecule has 2 atom stereocenters. The van der Waals surface area contributed by atoms with Crippen LogP contribution < -0.4 is 0 Å². The molecule has 2 heterocycles. The van der Waals surface area contributed by atoms with Gasteiger partial charge in [0.1, 0.15) is 0 Å². The van der Waals surface area contributed by atoms with E-state index < -0.39 is 5.41 Å². The number of likely N-dealkylation sites (tertiary alicyclic amines) is 1. The molecular formula is C27H33N5S. The van der Waals surface area contributed by atoms with Crippen LogP contribution in [0.5, 0.6) is 0 Å². The van der Waals surface area contributed by atoms with Crippen molar-refractivity contribution in [3.63, 3.8) is 0 Å². The van der Waals surface area contributed by atoms with E-state index in [1.165, 1.54) is 16.9 Å². The van der Waals surface area contributed by atoms with Crippen molar-refractivity contribution in [1.82, 2.24) is 9.80 Å². The Kier molecular flexibility index (Phi) is 9.04. The lowest BCUT2D eigenvalue weighted by molar-refractivity contribution is 0.186. The molecular weight excluding hydrogens is 426 g/mol. The first kappa shape index (κ1) is 24.9. The van der Waals surface area contributed by atoms with Crippen molar-refractivity contribution in [1.29, 1.82) is 10.5 Å². The summed E-state index contributed by atoms with van der Waals surface area (Å²) in [5.41, 5.74) is 0.762. The molecule has 1 aliphatic heterocycles. The van der Waals surface area contributed by atoms with E-state index in [-0.39, 0.29) is 5.92 Å². The molecule has 3 rings (SSSR count). The number of nitrogens with zero attached hydrogens (tertiary/aromatic N) is 5. The highest BCUT2D eigenvalue weighted by Crippen LogP contribution is 2.42. The lowest BCUT2D eigenvalue weighted by Crippen LogP contribution is -2.38. The fourth-order valence-electron chi connectivity index (χ4n) is 4.86. The van der Waals surface area contributed by atoms with Crippen LogP contribution in [-0.4, -0.2) is 42.0 Å². The van der Waals surface area contributed by atoms with E-state index in [1.807, 2.05) is 18.2 Å². The van der Waals surface area contributed by atoms with Crippen LogP contribution in [0, 0.1) is 35.2 Å². The van der Waals surface area contributed by atoms with Crippen LogP contribution in [0.15, 0.2) is 42.5 Å². The topological polar surface area (TPSA) is 58.4 Å². The molecule has 33 heavy (non-hydrogen) atoms. The zero-order valence-corrected chi connectivity index (χ0v) is 20.5. The van der Waals surface area contributed by atoms with Gasteiger partial charge in [-0.05, 0) is 49.9 Å². The summed E-state index contributed by atoms with van der Waals surface area (Å²) in [6, 6.07) is 19.7. The van der Waals surface area contributed by atoms with Crippen LogP contribution in [0.4, 0.5) is 5.00 Å². The normalized spacial score (nSPS) is 18.0. The molecule has 5 nitrogen and oxygen atoms in total. The quantitative estimate of drug-likeness (QED) is 0.388. The molecule has 172 valence electrons. The molecule has 0 bridgehead atoms. The van der Waals surface area contributed by atoms with Gasteiger partial charge in [0.15, 0.2) is 0 Å². The van der Waals surface area contributed by atoms with E-state index in [4.69, 9.17) is 11.8 Å². The van der Waals surface area contributed by atoms with Gasteiger partial charge >= 0.3 is 0 Å². The summed E-state index contributed by atoms with van der Waals surface area (Å²) in [6.45, 7) is 16.2. The number of nitriles is 2. The van der Waals surface area contributed by atoms with Gasteiger partial charge in [0.05, 0.1) is 24.1 Å². The van der Waals surface area contributed by atoms with Gasteiger partial charge in [0.25, 0.3) is 0 Å². The molecule has 1 aromatic carbocycles. The van der Waals surface area contributed by atoms with E-state index in [2.05, 4.69) is 64.9 Å². The van der Waals surface area contributed by atoms with E-state index >= 15 is 0 Å². The van der Waals surface area contributed by atoms with Gasteiger partial charge in [0, 0.05) is 37.0 Å². The Bertz CT molecular complexity index is 1010. The Morgan fingerprint density at radius 1 is 1.24 bits per heavy atom. The van der Waals surface area contributed by atoms with Crippen LogP contribution in [0.25, 0.3) is 4.85 Å². The molecule has 1 aromatic heterocycles. The Labute approximate surface area is 202 Å². The summed E-state index contributed by atoms with van der Waals surface area (Å²) < 4.78 is 0. The molecule has 1 aliphatic rings. The van der Waals surface area contributed by atoms with Crippen molar-refractivity contribution >= 4 is 16.3 Å². The van der Waals surface area contributed by atoms with Crippen molar-refractivity contribution in [2.24, 2.45) is 5.92 Å². The fraction of sp³-hybridized carbons (Fsp3) is 0.519. The van der Waals surface area contributed by atoms with E-state index in [0.717, 1.165) is 56.9 Å². The van der Waals surface area contributed by atoms with Crippen molar-refractivity contribution in [2.45, 2.75) is 57.5 Å². The molecule has 1 unspecified atom stereocenters. The maximum Gasteiger partial charge on any atom is 0.241 e. The summed E-state index contributed by atoms with van der Waals surface area (Å²) in [5, 5.41) is 19.9. The van der Waals surface area contributed by atoms with Crippen molar-refractivity contribution in [3.8, 4) is 12.1 Å². The SMILES string of the molecule is [C-]#[N+]c1ccc(C(C#N)(CCCN2CC[C@H](N(CCC#N)Cc3ccccc3)C2)C(C)C)s1. The first-order valence-electron chi connectivity index (χ1n) is 11.8. The molecule has 6 heteroatoms. The van der Waals surface area contributed by atoms with Gasteiger partial charge in [-0.15, -0.1) is 0 Å². The third kappa shape index (κ3) is 6.21. The van der Waals surface area contributed by atoms with Gasteiger partial charge in [-0.25, -0.2) is 4.85 Å². The van der Waals surface area contributed by atoms with Crippen LogP contribution >= 0.6 is 11.3 Å². The number of benzene rings is 1. The molecule has 2 aromatic rings. The van der Waals surface area contributed by atoms with Gasteiger partial charge in [-0.1, -0.05) is 50.2 Å².